The van der Waals surface area contributed by atoms with Crippen LogP contribution in [-0.4, -0.2) is 18.3 Å². The molecular weight excluding hydrogens is 326 g/mol. The number of fused-ring (bicyclic) bond motifs is 1. The Bertz CT molecular complexity index is 875. The number of ketones is 1. The van der Waals surface area contributed by atoms with Gasteiger partial charge in [0.25, 0.3) is 5.91 Å². The van der Waals surface area contributed by atoms with Gasteiger partial charge in [0.15, 0.2) is 12.4 Å². The van der Waals surface area contributed by atoms with Crippen molar-refractivity contribution in [2.75, 3.05) is 11.9 Å². The monoisotopic (exact) mass is 351 g/mol. The minimum Gasteiger partial charge on any atom is -0.483 e. The average molecular weight is 351 g/mol. The highest BCUT2D eigenvalue weighted by Gasteiger charge is 2.31. The van der Waals surface area contributed by atoms with E-state index in [1.807, 2.05) is 45.9 Å². The molecule has 0 aliphatic heterocycles. The second-order valence-electron chi connectivity index (χ2n) is 7.31. The zero-order valence-electron chi connectivity index (χ0n) is 16.0. The van der Waals surface area contributed by atoms with Crippen molar-refractivity contribution in [1.29, 1.82) is 0 Å². The predicted molar refractivity (Wildman–Crippen MR) is 103 cm³/mol. The van der Waals surface area contributed by atoms with Crippen LogP contribution < -0.4 is 10.1 Å². The number of rotatable bonds is 4. The smallest absolute Gasteiger partial charge is 0.262 e. The molecule has 0 heterocycles. The summed E-state index contributed by atoms with van der Waals surface area (Å²) in [6.07, 6.45) is 0.504. The Balaban J connectivity index is 1.75. The number of nitrogens with one attached hydrogen (secondary N) is 1. The summed E-state index contributed by atoms with van der Waals surface area (Å²) in [5, 5.41) is 2.93. The van der Waals surface area contributed by atoms with Crippen LogP contribution in [0, 0.1) is 27.7 Å². The van der Waals surface area contributed by atoms with Gasteiger partial charge >= 0.3 is 0 Å². The van der Waals surface area contributed by atoms with Crippen molar-refractivity contribution in [3.8, 4) is 5.75 Å². The molecular formula is C22H25NO3. The lowest BCUT2D eigenvalue weighted by Gasteiger charge is -2.15. The SMILES string of the molecule is Cc1cc(C)c(NC(=O)COc2ccc(C)c3c2C(=O)C[C@H]3C)c(C)c1. The number of benzene rings is 2. The molecule has 1 aliphatic carbocycles. The van der Waals surface area contributed by atoms with Crippen LogP contribution in [0.2, 0.25) is 0 Å². The molecule has 3 rings (SSSR count). The second-order valence-corrected chi connectivity index (χ2v) is 7.31. The minimum absolute atomic E-state index is 0.0943. The van der Waals surface area contributed by atoms with Crippen molar-refractivity contribution < 1.29 is 14.3 Å². The van der Waals surface area contributed by atoms with Crippen LogP contribution in [0.3, 0.4) is 0 Å². The third kappa shape index (κ3) is 3.36. The van der Waals surface area contributed by atoms with Crippen molar-refractivity contribution in [3.05, 3.63) is 57.6 Å². The Morgan fingerprint density at radius 3 is 2.42 bits per heavy atom. The molecule has 1 atom stereocenters. The van der Waals surface area contributed by atoms with Gasteiger partial charge in [0, 0.05) is 12.1 Å². The van der Waals surface area contributed by atoms with Gasteiger partial charge in [-0.25, -0.2) is 0 Å². The first kappa shape index (κ1) is 18.2. The molecule has 0 aromatic heterocycles. The fourth-order valence-corrected chi connectivity index (χ4v) is 3.92. The number of Topliss-reactive ketones (excluding diaryl/α,β-unsaturated/α-hetero) is 1. The molecule has 2 aromatic rings. The largest absolute Gasteiger partial charge is 0.483 e. The van der Waals surface area contributed by atoms with E-state index in [1.54, 1.807) is 6.07 Å². The lowest BCUT2D eigenvalue weighted by molar-refractivity contribution is -0.118. The molecule has 1 aliphatic rings. The van der Waals surface area contributed by atoms with E-state index in [-0.39, 0.29) is 24.2 Å². The highest BCUT2D eigenvalue weighted by atomic mass is 16.5. The van der Waals surface area contributed by atoms with Crippen molar-refractivity contribution in [3.63, 3.8) is 0 Å². The molecule has 1 amide bonds. The number of aryl methyl sites for hydroxylation is 4. The van der Waals surface area contributed by atoms with Crippen LogP contribution >= 0.6 is 0 Å². The zero-order valence-corrected chi connectivity index (χ0v) is 16.0. The van der Waals surface area contributed by atoms with E-state index in [0.29, 0.717) is 17.7 Å². The van der Waals surface area contributed by atoms with Gasteiger partial charge in [-0.15, -0.1) is 0 Å². The summed E-state index contributed by atoms with van der Waals surface area (Å²) in [6.45, 7) is 9.92. The van der Waals surface area contributed by atoms with Crippen LogP contribution in [0.15, 0.2) is 24.3 Å². The van der Waals surface area contributed by atoms with Crippen molar-refractivity contribution >= 4 is 17.4 Å². The Kier molecular flexibility index (Phi) is 4.86. The Hall–Kier alpha value is -2.62. The number of hydrogen-bond donors (Lipinski definition) is 1. The van der Waals surface area contributed by atoms with Crippen LogP contribution in [0.25, 0.3) is 0 Å². The topological polar surface area (TPSA) is 55.4 Å². The lowest BCUT2D eigenvalue weighted by Crippen LogP contribution is -2.22. The molecule has 0 radical (unpaired) electrons. The summed E-state index contributed by atoms with van der Waals surface area (Å²) in [6, 6.07) is 7.82. The molecule has 0 saturated carbocycles. The normalized spacial score (nSPS) is 15.7. The summed E-state index contributed by atoms with van der Waals surface area (Å²) >= 11 is 0. The highest BCUT2D eigenvalue weighted by molar-refractivity contribution is 6.04. The Morgan fingerprint density at radius 2 is 1.77 bits per heavy atom. The van der Waals surface area contributed by atoms with Gasteiger partial charge in [0.05, 0.1) is 5.56 Å². The number of carbonyl (C=O) groups is 2. The van der Waals surface area contributed by atoms with Crippen LogP contribution in [0.4, 0.5) is 5.69 Å². The van der Waals surface area contributed by atoms with E-state index in [1.165, 1.54) is 0 Å². The predicted octanol–water partition coefficient (Wildman–Crippen LogP) is 4.63. The second kappa shape index (κ2) is 6.94. The van der Waals surface area contributed by atoms with Crippen LogP contribution in [0.5, 0.6) is 5.75 Å². The van der Waals surface area contributed by atoms with E-state index in [4.69, 9.17) is 4.74 Å². The maximum Gasteiger partial charge on any atom is 0.262 e. The first-order valence-electron chi connectivity index (χ1n) is 8.95. The van der Waals surface area contributed by atoms with Crippen molar-refractivity contribution in [2.24, 2.45) is 0 Å². The molecule has 2 aromatic carbocycles. The van der Waals surface area contributed by atoms with Gasteiger partial charge in [0.1, 0.15) is 5.75 Å². The van der Waals surface area contributed by atoms with Gasteiger partial charge in [-0.1, -0.05) is 30.7 Å². The first-order chi connectivity index (χ1) is 12.3. The number of amides is 1. The Labute approximate surface area is 154 Å². The number of carbonyl (C=O) groups excluding carboxylic acids is 2. The lowest BCUT2D eigenvalue weighted by atomic mass is 9.97. The third-order valence-corrected chi connectivity index (χ3v) is 4.99. The van der Waals surface area contributed by atoms with E-state index in [0.717, 1.165) is 33.5 Å². The number of hydrogen-bond acceptors (Lipinski definition) is 3. The zero-order chi connectivity index (χ0) is 19.0. The quantitative estimate of drug-likeness (QED) is 0.874. The molecule has 0 fully saturated rings. The van der Waals surface area contributed by atoms with Crippen LogP contribution in [0.1, 0.15) is 57.4 Å². The van der Waals surface area contributed by atoms with E-state index < -0.39 is 0 Å². The van der Waals surface area contributed by atoms with Crippen molar-refractivity contribution in [1.82, 2.24) is 0 Å². The highest BCUT2D eigenvalue weighted by Crippen LogP contribution is 2.40. The maximum absolute atomic E-state index is 12.4. The van der Waals surface area contributed by atoms with Gasteiger partial charge in [-0.3, -0.25) is 9.59 Å². The van der Waals surface area contributed by atoms with E-state index in [9.17, 15) is 9.59 Å². The molecule has 0 unspecified atom stereocenters. The summed E-state index contributed by atoms with van der Waals surface area (Å²) in [5.74, 6) is 0.574. The molecule has 0 spiro atoms. The third-order valence-electron chi connectivity index (χ3n) is 4.99. The Morgan fingerprint density at radius 1 is 1.12 bits per heavy atom. The number of anilines is 1. The minimum atomic E-state index is -0.229. The fourth-order valence-electron chi connectivity index (χ4n) is 3.92. The molecule has 0 saturated heterocycles. The maximum atomic E-state index is 12.4. The molecule has 4 nitrogen and oxygen atoms in total. The van der Waals surface area contributed by atoms with Gasteiger partial charge < -0.3 is 10.1 Å². The molecule has 0 bridgehead atoms. The van der Waals surface area contributed by atoms with E-state index in [2.05, 4.69) is 12.2 Å². The summed E-state index contributed by atoms with van der Waals surface area (Å²) < 4.78 is 5.73. The summed E-state index contributed by atoms with van der Waals surface area (Å²) in [7, 11) is 0. The summed E-state index contributed by atoms with van der Waals surface area (Å²) in [4.78, 5) is 24.7. The first-order valence-corrected chi connectivity index (χ1v) is 8.95. The van der Waals surface area contributed by atoms with Gasteiger partial charge in [0.2, 0.25) is 0 Å². The average Bonchev–Trinajstić information content (AvgIpc) is 2.86. The fraction of sp³-hybridized carbons (Fsp3) is 0.364. The molecule has 4 heteroatoms. The standard InChI is InChI=1S/C22H25NO3/c1-12-8-15(4)22(16(5)9-12)23-19(25)11-26-18-7-6-13(2)20-14(3)10-17(24)21(18)20/h6-9,14H,10-11H2,1-5H3,(H,23,25)/t14-/m1/s1. The van der Waals surface area contributed by atoms with Crippen molar-refractivity contribution in [2.45, 2.75) is 47.0 Å². The van der Waals surface area contributed by atoms with Crippen LogP contribution in [-0.2, 0) is 4.79 Å². The van der Waals surface area contributed by atoms with Gasteiger partial charge in [-0.2, -0.15) is 0 Å². The van der Waals surface area contributed by atoms with Gasteiger partial charge in [-0.05, 0) is 61.9 Å². The summed E-state index contributed by atoms with van der Waals surface area (Å²) in [5.41, 5.74) is 6.83. The molecule has 26 heavy (non-hydrogen) atoms. The molecule has 136 valence electrons. The number of ether oxygens (including phenoxy) is 1. The van der Waals surface area contributed by atoms with E-state index >= 15 is 0 Å². The molecule has 1 N–H and O–H groups in total.